The fraction of sp³-hybridized carbons (Fsp3) is 0.333. The minimum atomic E-state index is -0.945. The van der Waals surface area contributed by atoms with Crippen LogP contribution in [0, 0.1) is 11.7 Å². The molecule has 0 bridgehead atoms. The van der Waals surface area contributed by atoms with E-state index in [1.165, 1.54) is 6.07 Å². The van der Waals surface area contributed by atoms with E-state index in [1.807, 2.05) is 42.5 Å². The van der Waals surface area contributed by atoms with Crippen LogP contribution in [0.2, 0.25) is 5.04 Å². The lowest BCUT2D eigenvalue weighted by atomic mass is 9.77. The van der Waals surface area contributed by atoms with Gasteiger partial charge < -0.3 is 9.53 Å². The van der Waals surface area contributed by atoms with Gasteiger partial charge in [-0.25, -0.2) is 4.39 Å². The molecule has 162 valence electrons. The molecule has 0 aliphatic heterocycles. The standard InChI is InChI=1S/C27H31FO2Si/c1-25(2,3)31-30-27(20-11-6-4-7-12-20,21-13-8-5-9-14-21)24-18-26(24,19-29)22-15-10-16-23(28)17-22/h4-17,24,29H,18-19,31H2,1-3H3/t24-,26-/m1/s1. The van der Waals surface area contributed by atoms with Crippen LogP contribution in [0.3, 0.4) is 0 Å². The van der Waals surface area contributed by atoms with E-state index in [9.17, 15) is 9.50 Å². The van der Waals surface area contributed by atoms with Gasteiger partial charge in [0.1, 0.15) is 11.4 Å². The monoisotopic (exact) mass is 434 g/mol. The molecule has 1 aliphatic carbocycles. The fourth-order valence-corrected chi connectivity index (χ4v) is 5.95. The van der Waals surface area contributed by atoms with Crippen LogP contribution in [0.15, 0.2) is 84.9 Å². The Hall–Kier alpha value is -2.27. The maximum Gasteiger partial charge on any atom is 0.168 e. The first kappa shape index (κ1) is 21.9. The van der Waals surface area contributed by atoms with Gasteiger partial charge in [0.2, 0.25) is 0 Å². The number of rotatable bonds is 7. The molecule has 0 spiro atoms. The molecule has 0 radical (unpaired) electrons. The third kappa shape index (κ3) is 4.12. The summed E-state index contributed by atoms with van der Waals surface area (Å²) in [6.45, 7) is 6.62. The van der Waals surface area contributed by atoms with E-state index in [1.54, 1.807) is 12.1 Å². The van der Waals surface area contributed by atoms with Crippen molar-refractivity contribution in [3.05, 3.63) is 107 Å². The van der Waals surface area contributed by atoms with E-state index >= 15 is 0 Å². The summed E-state index contributed by atoms with van der Waals surface area (Å²) >= 11 is 0. The summed E-state index contributed by atoms with van der Waals surface area (Å²) in [6.07, 6.45) is 0.745. The van der Waals surface area contributed by atoms with Gasteiger partial charge in [0, 0.05) is 11.3 Å². The second-order valence-electron chi connectivity index (χ2n) is 9.90. The first-order chi connectivity index (χ1) is 14.8. The van der Waals surface area contributed by atoms with E-state index in [0.29, 0.717) is 0 Å². The molecule has 2 nitrogen and oxygen atoms in total. The van der Waals surface area contributed by atoms with Crippen LogP contribution in [-0.2, 0) is 15.4 Å². The summed E-state index contributed by atoms with van der Waals surface area (Å²) in [5.74, 6) is -0.266. The van der Waals surface area contributed by atoms with Crippen LogP contribution >= 0.6 is 0 Å². The molecule has 4 rings (SSSR count). The van der Waals surface area contributed by atoms with Crippen molar-refractivity contribution in [2.24, 2.45) is 5.92 Å². The molecule has 3 aromatic carbocycles. The topological polar surface area (TPSA) is 29.5 Å². The third-order valence-corrected chi connectivity index (χ3v) is 7.85. The molecule has 0 saturated heterocycles. The van der Waals surface area contributed by atoms with Crippen LogP contribution in [0.5, 0.6) is 0 Å². The smallest absolute Gasteiger partial charge is 0.168 e. The highest BCUT2D eigenvalue weighted by Crippen LogP contribution is 2.65. The number of aliphatic hydroxyl groups excluding tert-OH is 1. The average Bonchev–Trinajstić information content (AvgIpc) is 3.52. The van der Waals surface area contributed by atoms with Gasteiger partial charge in [-0.15, -0.1) is 0 Å². The first-order valence-electron chi connectivity index (χ1n) is 10.9. The lowest BCUT2D eigenvalue weighted by Gasteiger charge is -2.40. The zero-order valence-corrected chi connectivity index (χ0v) is 19.9. The Morgan fingerprint density at radius 1 is 0.935 bits per heavy atom. The Morgan fingerprint density at radius 2 is 1.52 bits per heavy atom. The summed E-state index contributed by atoms with van der Waals surface area (Å²) in [5.41, 5.74) is 1.82. The lowest BCUT2D eigenvalue weighted by molar-refractivity contribution is 0.0684. The van der Waals surface area contributed by atoms with Crippen LogP contribution in [0.4, 0.5) is 4.39 Å². The molecule has 3 aromatic rings. The zero-order chi connectivity index (χ0) is 22.1. The maximum atomic E-state index is 14.1. The molecule has 4 heteroatoms. The second-order valence-corrected chi connectivity index (χ2v) is 12.6. The van der Waals surface area contributed by atoms with Crippen LogP contribution in [0.1, 0.15) is 43.9 Å². The van der Waals surface area contributed by atoms with Gasteiger partial charge in [0.25, 0.3) is 0 Å². The van der Waals surface area contributed by atoms with Crippen LogP contribution in [0.25, 0.3) is 0 Å². The van der Waals surface area contributed by atoms with Crippen LogP contribution in [-0.4, -0.2) is 21.5 Å². The minimum absolute atomic E-state index is 0.00597. The predicted molar refractivity (Wildman–Crippen MR) is 126 cm³/mol. The number of hydrogen-bond acceptors (Lipinski definition) is 2. The molecule has 1 fully saturated rings. The molecule has 0 unspecified atom stereocenters. The quantitative estimate of drug-likeness (QED) is 0.509. The van der Waals surface area contributed by atoms with Crippen molar-refractivity contribution in [1.29, 1.82) is 0 Å². The van der Waals surface area contributed by atoms with Crippen molar-refractivity contribution in [1.82, 2.24) is 0 Å². The number of hydrogen-bond donors (Lipinski definition) is 1. The Kier molecular flexibility index (Phi) is 5.90. The highest BCUT2D eigenvalue weighted by molar-refractivity contribution is 6.32. The van der Waals surface area contributed by atoms with Gasteiger partial charge in [-0.3, -0.25) is 0 Å². The van der Waals surface area contributed by atoms with Crippen molar-refractivity contribution in [2.45, 2.75) is 43.2 Å². The van der Waals surface area contributed by atoms with Gasteiger partial charge in [0.15, 0.2) is 9.76 Å². The minimum Gasteiger partial charge on any atom is -0.410 e. The van der Waals surface area contributed by atoms with E-state index in [4.69, 9.17) is 4.43 Å². The summed E-state index contributed by atoms with van der Waals surface area (Å²) in [7, 11) is -0.945. The SMILES string of the molecule is CC(C)(C)[SiH2]OC(c1ccccc1)(c1ccccc1)[C@@H]1C[C@@]1(CO)c1cccc(F)c1. The second kappa shape index (κ2) is 8.34. The molecule has 31 heavy (non-hydrogen) atoms. The lowest BCUT2D eigenvalue weighted by Crippen LogP contribution is -2.40. The number of halogens is 1. The number of aliphatic hydroxyl groups is 1. The van der Waals surface area contributed by atoms with Crippen molar-refractivity contribution in [2.75, 3.05) is 6.61 Å². The molecular weight excluding hydrogens is 403 g/mol. The predicted octanol–water partition coefficient (Wildman–Crippen LogP) is 5.34. The molecule has 0 aromatic heterocycles. The van der Waals surface area contributed by atoms with Crippen molar-refractivity contribution in [3.63, 3.8) is 0 Å². The molecule has 1 N–H and O–H groups in total. The largest absolute Gasteiger partial charge is 0.410 e. The average molecular weight is 435 g/mol. The highest BCUT2D eigenvalue weighted by Gasteiger charge is 2.65. The molecule has 2 atom stereocenters. The van der Waals surface area contributed by atoms with Gasteiger partial charge >= 0.3 is 0 Å². The summed E-state index contributed by atoms with van der Waals surface area (Å²) in [5, 5.41) is 10.7. The Labute approximate surface area is 187 Å². The molecule has 1 aliphatic rings. The number of benzene rings is 3. The van der Waals surface area contributed by atoms with Gasteiger partial charge in [-0.2, -0.15) is 0 Å². The third-order valence-electron chi connectivity index (χ3n) is 6.39. The molecule has 1 saturated carbocycles. The van der Waals surface area contributed by atoms with E-state index in [0.717, 1.165) is 23.1 Å². The Morgan fingerprint density at radius 3 is 2.00 bits per heavy atom. The first-order valence-corrected chi connectivity index (χ1v) is 12.2. The van der Waals surface area contributed by atoms with Gasteiger partial charge in [-0.05, 0) is 40.3 Å². The Balaban J connectivity index is 1.90. The van der Waals surface area contributed by atoms with Crippen molar-refractivity contribution in [3.8, 4) is 0 Å². The van der Waals surface area contributed by atoms with Gasteiger partial charge in [0.05, 0.1) is 6.61 Å². The van der Waals surface area contributed by atoms with E-state index in [-0.39, 0.29) is 23.4 Å². The van der Waals surface area contributed by atoms with Crippen molar-refractivity contribution >= 4 is 9.76 Å². The van der Waals surface area contributed by atoms with Crippen LogP contribution < -0.4 is 0 Å². The summed E-state index contributed by atoms with van der Waals surface area (Å²) in [6, 6.07) is 27.4. The molecule has 0 heterocycles. The highest BCUT2D eigenvalue weighted by atomic mass is 28.2. The van der Waals surface area contributed by atoms with Crippen molar-refractivity contribution < 1.29 is 13.9 Å². The van der Waals surface area contributed by atoms with E-state index in [2.05, 4.69) is 45.0 Å². The fourth-order valence-electron chi connectivity index (χ4n) is 4.76. The summed E-state index contributed by atoms with van der Waals surface area (Å²) in [4.78, 5) is 0. The Bertz CT molecular complexity index is 977. The zero-order valence-electron chi connectivity index (χ0n) is 18.5. The maximum absolute atomic E-state index is 14.1. The van der Waals surface area contributed by atoms with E-state index < -0.39 is 20.8 Å². The molecule has 0 amide bonds. The van der Waals surface area contributed by atoms with Gasteiger partial charge in [-0.1, -0.05) is 93.6 Å². The normalized spacial score (nSPS) is 21.5. The molecular formula is C27H31FO2Si. The summed E-state index contributed by atoms with van der Waals surface area (Å²) < 4.78 is 21.2.